The minimum atomic E-state index is -0.264. The number of benzene rings is 3. The molecule has 4 aromatic rings. The van der Waals surface area contributed by atoms with Crippen molar-refractivity contribution in [3.05, 3.63) is 83.7 Å². The Morgan fingerprint density at radius 1 is 1.00 bits per heavy atom. The number of hydrogen-bond acceptors (Lipinski definition) is 3. The number of nitrogens with zero attached hydrogens (tertiary/aromatic N) is 2. The standard InChI is InChI=1S/C30H33FN4O/c1-3-34-16-18-35(19-17-34)24-12-14-27(21(2)20-24)32-29(36)15-13-26-25-6-4-5-7-28(25)33-30(26)22-8-10-23(31)11-9-22/h4-12,14,20,33H,3,13,15-19H2,1-2H3,(H,32,36). The van der Waals surface area contributed by atoms with Crippen molar-refractivity contribution in [3.63, 3.8) is 0 Å². The molecule has 0 bridgehead atoms. The summed E-state index contributed by atoms with van der Waals surface area (Å²) >= 11 is 0. The van der Waals surface area contributed by atoms with E-state index in [0.717, 1.165) is 71.7 Å². The van der Waals surface area contributed by atoms with Crippen LogP contribution in [0.15, 0.2) is 66.7 Å². The Bertz CT molecular complexity index is 1350. The number of halogens is 1. The Hall–Kier alpha value is -3.64. The van der Waals surface area contributed by atoms with Gasteiger partial charge in [0.1, 0.15) is 5.82 Å². The molecule has 1 fully saturated rings. The summed E-state index contributed by atoms with van der Waals surface area (Å²) < 4.78 is 13.5. The number of piperazine rings is 1. The number of para-hydroxylation sites is 1. The monoisotopic (exact) mass is 484 g/mol. The molecule has 5 rings (SSSR count). The van der Waals surface area contributed by atoms with Gasteiger partial charge in [-0.3, -0.25) is 4.79 Å². The number of aromatic nitrogens is 1. The minimum absolute atomic E-state index is 0.0160. The van der Waals surface area contributed by atoms with Gasteiger partial charge in [0.05, 0.1) is 0 Å². The second-order valence-electron chi connectivity index (χ2n) is 9.50. The van der Waals surface area contributed by atoms with Gasteiger partial charge in [-0.25, -0.2) is 4.39 Å². The van der Waals surface area contributed by atoms with E-state index in [1.807, 2.05) is 31.2 Å². The Morgan fingerprint density at radius 2 is 1.75 bits per heavy atom. The van der Waals surface area contributed by atoms with E-state index < -0.39 is 0 Å². The van der Waals surface area contributed by atoms with Crippen LogP contribution in [0.5, 0.6) is 0 Å². The lowest BCUT2D eigenvalue weighted by Crippen LogP contribution is -2.46. The number of hydrogen-bond donors (Lipinski definition) is 2. The number of rotatable bonds is 7. The van der Waals surface area contributed by atoms with E-state index in [9.17, 15) is 9.18 Å². The smallest absolute Gasteiger partial charge is 0.224 e. The van der Waals surface area contributed by atoms with Crippen molar-refractivity contribution in [2.24, 2.45) is 0 Å². The molecule has 3 aromatic carbocycles. The van der Waals surface area contributed by atoms with E-state index in [-0.39, 0.29) is 11.7 Å². The van der Waals surface area contributed by atoms with Crippen LogP contribution in [0.4, 0.5) is 15.8 Å². The zero-order valence-electron chi connectivity index (χ0n) is 21.0. The van der Waals surface area contributed by atoms with Gasteiger partial charge in [0.15, 0.2) is 0 Å². The van der Waals surface area contributed by atoms with E-state index >= 15 is 0 Å². The van der Waals surface area contributed by atoms with Crippen LogP contribution in [-0.4, -0.2) is 48.5 Å². The van der Waals surface area contributed by atoms with Crippen molar-refractivity contribution >= 4 is 28.2 Å². The highest BCUT2D eigenvalue weighted by molar-refractivity contribution is 5.94. The number of aromatic amines is 1. The fourth-order valence-electron chi connectivity index (χ4n) is 5.08. The van der Waals surface area contributed by atoms with Gasteiger partial charge >= 0.3 is 0 Å². The van der Waals surface area contributed by atoms with Crippen LogP contribution in [-0.2, 0) is 11.2 Å². The van der Waals surface area contributed by atoms with Gasteiger partial charge in [-0.2, -0.15) is 0 Å². The van der Waals surface area contributed by atoms with Gasteiger partial charge in [0.2, 0.25) is 5.91 Å². The number of nitrogens with one attached hydrogen (secondary N) is 2. The minimum Gasteiger partial charge on any atom is -0.369 e. The maximum Gasteiger partial charge on any atom is 0.224 e. The van der Waals surface area contributed by atoms with Crippen molar-refractivity contribution in [1.82, 2.24) is 9.88 Å². The molecule has 0 aliphatic carbocycles. The predicted molar refractivity (Wildman–Crippen MR) is 146 cm³/mol. The molecule has 6 heteroatoms. The van der Waals surface area contributed by atoms with Crippen molar-refractivity contribution in [2.75, 3.05) is 42.9 Å². The van der Waals surface area contributed by atoms with Crippen LogP contribution in [0.1, 0.15) is 24.5 Å². The highest BCUT2D eigenvalue weighted by Crippen LogP contribution is 2.32. The average molecular weight is 485 g/mol. The molecule has 1 saturated heterocycles. The molecule has 5 nitrogen and oxygen atoms in total. The van der Waals surface area contributed by atoms with Crippen LogP contribution < -0.4 is 10.2 Å². The number of likely N-dealkylation sites (N-methyl/N-ethyl adjacent to an activating group) is 1. The lowest BCUT2D eigenvalue weighted by atomic mass is 10.0. The molecule has 1 aliphatic rings. The third kappa shape index (κ3) is 5.14. The first-order valence-electron chi connectivity index (χ1n) is 12.7. The first-order chi connectivity index (χ1) is 17.5. The van der Waals surface area contributed by atoms with E-state index in [1.165, 1.54) is 17.8 Å². The average Bonchev–Trinajstić information content (AvgIpc) is 3.27. The summed E-state index contributed by atoms with van der Waals surface area (Å²) in [5, 5.41) is 4.20. The fourth-order valence-corrected chi connectivity index (χ4v) is 5.08. The highest BCUT2D eigenvalue weighted by Gasteiger charge is 2.18. The van der Waals surface area contributed by atoms with Crippen molar-refractivity contribution < 1.29 is 9.18 Å². The number of H-pyrrole nitrogens is 1. The SMILES string of the molecule is CCN1CCN(c2ccc(NC(=O)CCc3c(-c4ccc(F)cc4)[nH]c4ccccc34)c(C)c2)CC1. The van der Waals surface area contributed by atoms with Crippen LogP contribution in [0.2, 0.25) is 0 Å². The summed E-state index contributed by atoms with van der Waals surface area (Å²) in [5.41, 5.74) is 7.07. The van der Waals surface area contributed by atoms with Gasteiger partial charge in [-0.15, -0.1) is 0 Å². The maximum atomic E-state index is 13.5. The van der Waals surface area contributed by atoms with Crippen molar-refractivity contribution in [2.45, 2.75) is 26.7 Å². The molecular weight excluding hydrogens is 451 g/mol. The topological polar surface area (TPSA) is 51.4 Å². The Balaban J connectivity index is 1.28. The second-order valence-corrected chi connectivity index (χ2v) is 9.50. The number of aryl methyl sites for hydroxylation is 2. The van der Waals surface area contributed by atoms with Gasteiger partial charge in [-0.05, 0) is 85.1 Å². The van der Waals surface area contributed by atoms with E-state index in [1.54, 1.807) is 12.1 Å². The summed E-state index contributed by atoms with van der Waals surface area (Å²) in [5.74, 6) is -0.279. The molecule has 1 aromatic heterocycles. The molecule has 0 spiro atoms. The third-order valence-corrected chi connectivity index (χ3v) is 7.22. The molecule has 2 heterocycles. The Labute approximate surface area is 211 Å². The molecular formula is C30H33FN4O. The predicted octanol–water partition coefficient (Wildman–Crippen LogP) is 6.00. The summed E-state index contributed by atoms with van der Waals surface area (Å²) in [6, 6.07) is 20.9. The van der Waals surface area contributed by atoms with Crippen LogP contribution in [0, 0.1) is 12.7 Å². The lowest BCUT2D eigenvalue weighted by molar-refractivity contribution is -0.116. The molecule has 0 saturated carbocycles. The van der Waals surface area contributed by atoms with E-state index in [0.29, 0.717) is 12.8 Å². The lowest BCUT2D eigenvalue weighted by Gasteiger charge is -2.35. The number of carbonyl (C=O) groups excluding carboxylic acids is 1. The maximum absolute atomic E-state index is 13.5. The normalized spacial score (nSPS) is 14.4. The number of amides is 1. The van der Waals surface area contributed by atoms with Gasteiger partial charge < -0.3 is 20.1 Å². The molecule has 1 aliphatic heterocycles. The summed E-state index contributed by atoms with van der Waals surface area (Å²) in [6.07, 6.45) is 0.942. The van der Waals surface area contributed by atoms with Gasteiger partial charge in [0, 0.05) is 60.6 Å². The molecule has 2 N–H and O–H groups in total. The first kappa shape index (κ1) is 24.1. The molecule has 0 unspecified atom stereocenters. The summed E-state index contributed by atoms with van der Waals surface area (Å²) in [7, 11) is 0. The number of carbonyl (C=O) groups is 1. The van der Waals surface area contributed by atoms with Crippen molar-refractivity contribution in [3.8, 4) is 11.3 Å². The number of fused-ring (bicyclic) bond motifs is 1. The highest BCUT2D eigenvalue weighted by atomic mass is 19.1. The summed E-state index contributed by atoms with van der Waals surface area (Å²) in [4.78, 5) is 21.3. The van der Waals surface area contributed by atoms with Crippen LogP contribution in [0.25, 0.3) is 22.2 Å². The quantitative estimate of drug-likeness (QED) is 0.339. The molecule has 0 atom stereocenters. The molecule has 186 valence electrons. The molecule has 1 amide bonds. The first-order valence-corrected chi connectivity index (χ1v) is 12.7. The van der Waals surface area contributed by atoms with E-state index in [2.05, 4.69) is 45.2 Å². The van der Waals surface area contributed by atoms with E-state index in [4.69, 9.17) is 0 Å². The van der Waals surface area contributed by atoms with Crippen LogP contribution >= 0.6 is 0 Å². The van der Waals surface area contributed by atoms with Crippen LogP contribution in [0.3, 0.4) is 0 Å². The molecule has 36 heavy (non-hydrogen) atoms. The second kappa shape index (κ2) is 10.5. The zero-order chi connectivity index (χ0) is 25.1. The molecule has 0 radical (unpaired) electrons. The third-order valence-electron chi connectivity index (χ3n) is 7.22. The Kier molecular flexibility index (Phi) is 7.05. The fraction of sp³-hybridized carbons (Fsp3) is 0.300. The number of anilines is 2. The summed E-state index contributed by atoms with van der Waals surface area (Å²) in [6.45, 7) is 9.58. The largest absolute Gasteiger partial charge is 0.369 e. The van der Waals surface area contributed by atoms with Crippen molar-refractivity contribution in [1.29, 1.82) is 0 Å². The van der Waals surface area contributed by atoms with Gasteiger partial charge in [-0.1, -0.05) is 25.1 Å². The zero-order valence-corrected chi connectivity index (χ0v) is 21.0. The van der Waals surface area contributed by atoms with Gasteiger partial charge in [0.25, 0.3) is 0 Å². The Morgan fingerprint density at radius 3 is 2.47 bits per heavy atom.